The van der Waals surface area contributed by atoms with Gasteiger partial charge in [0.05, 0.1) is 5.41 Å². The van der Waals surface area contributed by atoms with Crippen LogP contribution in [0.15, 0.2) is 0 Å². The maximum atomic E-state index is 11.6. The van der Waals surface area contributed by atoms with Crippen molar-refractivity contribution in [3.63, 3.8) is 0 Å². The molecule has 1 rings (SSSR count). The number of rotatable bonds is 2. The molecule has 1 N–H and O–H groups in total. The molecule has 0 spiro atoms. The van der Waals surface area contributed by atoms with Gasteiger partial charge in [-0.25, -0.2) is 0 Å². The normalized spacial score (nSPS) is 32.8. The van der Waals surface area contributed by atoms with Crippen LogP contribution in [0.25, 0.3) is 0 Å². The minimum atomic E-state index is -0.429. The minimum absolute atomic E-state index is 0.0791. The lowest BCUT2D eigenvalue weighted by atomic mass is 10.1. The Labute approximate surface area is 79.1 Å². The van der Waals surface area contributed by atoms with E-state index in [0.29, 0.717) is 0 Å². The van der Waals surface area contributed by atoms with Crippen LogP contribution in [0.2, 0.25) is 0 Å². The summed E-state index contributed by atoms with van der Waals surface area (Å²) in [6, 6.07) is 0. The van der Waals surface area contributed by atoms with E-state index in [2.05, 4.69) is 0 Å². The zero-order valence-corrected chi connectivity index (χ0v) is 8.76. The summed E-state index contributed by atoms with van der Waals surface area (Å²) in [4.78, 5) is 11.6. The SMILES string of the molecule is CC(C)(C)OC(=O)[C@@]1(C)CC1CO. The summed E-state index contributed by atoms with van der Waals surface area (Å²) in [6.45, 7) is 7.48. The van der Waals surface area contributed by atoms with E-state index in [1.54, 1.807) is 0 Å². The van der Waals surface area contributed by atoms with Gasteiger partial charge in [-0.3, -0.25) is 4.79 Å². The van der Waals surface area contributed by atoms with Gasteiger partial charge in [0.1, 0.15) is 5.60 Å². The summed E-state index contributed by atoms with van der Waals surface area (Å²) in [7, 11) is 0. The second kappa shape index (κ2) is 2.98. The molecular weight excluding hydrogens is 168 g/mol. The molecule has 1 saturated carbocycles. The summed E-state index contributed by atoms with van der Waals surface area (Å²) >= 11 is 0. The number of aliphatic hydroxyl groups excluding tert-OH is 1. The Kier molecular flexibility index (Phi) is 2.41. The lowest BCUT2D eigenvalue weighted by Crippen LogP contribution is -2.29. The predicted octanol–water partition coefficient (Wildman–Crippen LogP) is 1.35. The van der Waals surface area contributed by atoms with Gasteiger partial charge in [0.2, 0.25) is 0 Å². The van der Waals surface area contributed by atoms with Crippen molar-refractivity contribution >= 4 is 5.97 Å². The van der Waals surface area contributed by atoms with Crippen LogP contribution in [-0.2, 0) is 9.53 Å². The molecule has 0 aromatic carbocycles. The van der Waals surface area contributed by atoms with Crippen molar-refractivity contribution in [2.75, 3.05) is 6.61 Å². The smallest absolute Gasteiger partial charge is 0.312 e. The summed E-state index contributed by atoms with van der Waals surface area (Å²) in [6.07, 6.45) is 0.748. The average Bonchev–Trinajstić information content (AvgIpc) is 2.60. The summed E-state index contributed by atoms with van der Waals surface area (Å²) in [5.41, 5.74) is -0.856. The van der Waals surface area contributed by atoms with Gasteiger partial charge in [-0.2, -0.15) is 0 Å². The van der Waals surface area contributed by atoms with E-state index in [4.69, 9.17) is 9.84 Å². The fraction of sp³-hybridized carbons (Fsp3) is 0.900. The molecule has 13 heavy (non-hydrogen) atoms. The van der Waals surface area contributed by atoms with Gasteiger partial charge in [0.25, 0.3) is 0 Å². The van der Waals surface area contributed by atoms with Crippen molar-refractivity contribution in [3.05, 3.63) is 0 Å². The first-order valence-corrected chi connectivity index (χ1v) is 4.64. The molecule has 0 radical (unpaired) electrons. The Hall–Kier alpha value is -0.570. The highest BCUT2D eigenvalue weighted by Gasteiger charge is 2.57. The van der Waals surface area contributed by atoms with Gasteiger partial charge >= 0.3 is 5.97 Å². The van der Waals surface area contributed by atoms with Gasteiger partial charge in [-0.1, -0.05) is 0 Å². The fourth-order valence-electron chi connectivity index (χ4n) is 1.36. The maximum absolute atomic E-state index is 11.6. The first kappa shape index (κ1) is 10.5. The Morgan fingerprint density at radius 1 is 1.62 bits per heavy atom. The first-order valence-electron chi connectivity index (χ1n) is 4.64. The van der Waals surface area contributed by atoms with Gasteiger partial charge in [-0.15, -0.1) is 0 Å². The molecule has 0 amide bonds. The largest absolute Gasteiger partial charge is 0.460 e. The second-order valence-electron chi connectivity index (χ2n) is 5.00. The zero-order valence-electron chi connectivity index (χ0n) is 8.76. The van der Waals surface area contributed by atoms with E-state index in [1.165, 1.54) is 0 Å². The van der Waals surface area contributed by atoms with Crippen LogP contribution in [0.1, 0.15) is 34.1 Å². The number of hydrogen-bond donors (Lipinski definition) is 1. The van der Waals surface area contributed by atoms with Crippen LogP contribution in [0.4, 0.5) is 0 Å². The summed E-state index contributed by atoms with van der Waals surface area (Å²) < 4.78 is 5.25. The van der Waals surface area contributed by atoms with Crippen molar-refractivity contribution in [1.29, 1.82) is 0 Å². The third kappa shape index (κ3) is 2.21. The number of carbonyl (C=O) groups is 1. The van der Waals surface area contributed by atoms with Gasteiger partial charge in [0.15, 0.2) is 0 Å². The van der Waals surface area contributed by atoms with Crippen LogP contribution in [0.3, 0.4) is 0 Å². The minimum Gasteiger partial charge on any atom is -0.460 e. The Morgan fingerprint density at radius 2 is 2.15 bits per heavy atom. The van der Waals surface area contributed by atoms with E-state index in [-0.39, 0.29) is 18.5 Å². The van der Waals surface area contributed by atoms with Gasteiger partial charge < -0.3 is 9.84 Å². The number of ether oxygens (including phenoxy) is 1. The lowest BCUT2D eigenvalue weighted by Gasteiger charge is -2.22. The highest BCUT2D eigenvalue weighted by atomic mass is 16.6. The van der Waals surface area contributed by atoms with E-state index in [1.807, 2.05) is 27.7 Å². The van der Waals surface area contributed by atoms with E-state index < -0.39 is 11.0 Å². The molecule has 1 unspecified atom stereocenters. The van der Waals surface area contributed by atoms with E-state index in [9.17, 15) is 4.79 Å². The van der Waals surface area contributed by atoms with Crippen LogP contribution >= 0.6 is 0 Å². The average molecular weight is 186 g/mol. The zero-order chi connectivity index (χ0) is 10.3. The second-order valence-corrected chi connectivity index (χ2v) is 5.00. The van der Waals surface area contributed by atoms with Crippen molar-refractivity contribution in [2.45, 2.75) is 39.7 Å². The molecular formula is C10H18O3. The van der Waals surface area contributed by atoms with Crippen molar-refractivity contribution in [1.82, 2.24) is 0 Å². The molecule has 0 aromatic rings. The third-order valence-electron chi connectivity index (χ3n) is 2.50. The van der Waals surface area contributed by atoms with Crippen LogP contribution in [-0.4, -0.2) is 23.3 Å². The number of aliphatic hydroxyl groups is 1. The Bertz CT molecular complexity index is 217. The molecule has 1 aliphatic rings. The first-order chi connectivity index (χ1) is 5.79. The maximum Gasteiger partial charge on any atom is 0.312 e. The highest BCUT2D eigenvalue weighted by Crippen LogP contribution is 2.53. The molecule has 1 fully saturated rings. The molecule has 0 saturated heterocycles. The van der Waals surface area contributed by atoms with Crippen LogP contribution in [0.5, 0.6) is 0 Å². The topological polar surface area (TPSA) is 46.5 Å². The Balaban J connectivity index is 2.51. The molecule has 0 aromatic heterocycles. The third-order valence-corrected chi connectivity index (χ3v) is 2.50. The molecule has 3 nitrogen and oxygen atoms in total. The molecule has 76 valence electrons. The standard InChI is InChI=1S/C10H18O3/c1-9(2,3)13-8(12)10(4)5-7(10)6-11/h7,11H,5-6H2,1-4H3/t7?,10-/m0/s1. The molecule has 2 atom stereocenters. The quantitative estimate of drug-likeness (QED) is 0.662. The van der Waals surface area contributed by atoms with Crippen molar-refractivity contribution in [2.24, 2.45) is 11.3 Å². The number of esters is 1. The lowest BCUT2D eigenvalue weighted by molar-refractivity contribution is -0.161. The summed E-state index contributed by atoms with van der Waals surface area (Å²) in [5, 5.41) is 8.88. The van der Waals surface area contributed by atoms with Crippen LogP contribution in [0, 0.1) is 11.3 Å². The Morgan fingerprint density at radius 3 is 2.46 bits per heavy atom. The van der Waals surface area contributed by atoms with Gasteiger partial charge in [-0.05, 0) is 40.0 Å². The molecule has 3 heteroatoms. The number of carbonyl (C=O) groups excluding carboxylic acids is 1. The van der Waals surface area contributed by atoms with Crippen LogP contribution < -0.4 is 0 Å². The van der Waals surface area contributed by atoms with Crippen molar-refractivity contribution in [3.8, 4) is 0 Å². The van der Waals surface area contributed by atoms with E-state index >= 15 is 0 Å². The predicted molar refractivity (Wildman–Crippen MR) is 49.1 cm³/mol. The molecule has 0 heterocycles. The highest BCUT2D eigenvalue weighted by molar-refractivity contribution is 5.80. The van der Waals surface area contributed by atoms with Crippen molar-refractivity contribution < 1.29 is 14.6 Å². The fourth-order valence-corrected chi connectivity index (χ4v) is 1.36. The molecule has 0 bridgehead atoms. The monoisotopic (exact) mass is 186 g/mol. The molecule has 0 aliphatic heterocycles. The number of hydrogen-bond acceptors (Lipinski definition) is 3. The van der Waals surface area contributed by atoms with Gasteiger partial charge in [0, 0.05) is 6.61 Å². The molecule has 1 aliphatic carbocycles. The summed E-state index contributed by atoms with van der Waals surface area (Å²) in [5.74, 6) is -0.0820. The van der Waals surface area contributed by atoms with E-state index in [0.717, 1.165) is 6.42 Å².